The summed E-state index contributed by atoms with van der Waals surface area (Å²) in [6, 6.07) is 8.11. The molecule has 0 aliphatic heterocycles. The van der Waals surface area contributed by atoms with Crippen LogP contribution < -0.4 is 0 Å². The Kier molecular flexibility index (Phi) is 5.31. The minimum atomic E-state index is -0.501. The highest BCUT2D eigenvalue weighted by Crippen LogP contribution is 2.22. The minimum absolute atomic E-state index is 0.0742. The van der Waals surface area contributed by atoms with Gasteiger partial charge in [-0.1, -0.05) is 12.1 Å². The molecule has 2 rings (SSSR count). The summed E-state index contributed by atoms with van der Waals surface area (Å²) in [7, 11) is 0. The van der Waals surface area contributed by atoms with Crippen molar-refractivity contribution in [1.82, 2.24) is 9.88 Å². The van der Waals surface area contributed by atoms with Crippen molar-refractivity contribution in [1.29, 1.82) is 0 Å². The maximum Gasteiger partial charge on any atom is 0.223 e. The Bertz CT molecular complexity index is 574. The van der Waals surface area contributed by atoms with Gasteiger partial charge in [0.25, 0.3) is 0 Å². The molecule has 0 saturated carbocycles. The second kappa shape index (κ2) is 7.00. The van der Waals surface area contributed by atoms with E-state index in [0.29, 0.717) is 19.4 Å². The fourth-order valence-corrected chi connectivity index (χ4v) is 3.24. The SMILES string of the molecule is CC(O)CN(C(=O)CCc1nc2ccccc2s1)C(C)C. The monoisotopic (exact) mass is 306 g/mol. The van der Waals surface area contributed by atoms with E-state index < -0.39 is 6.10 Å². The van der Waals surface area contributed by atoms with E-state index in [1.807, 2.05) is 38.1 Å². The minimum Gasteiger partial charge on any atom is -0.392 e. The van der Waals surface area contributed by atoms with Gasteiger partial charge in [0.2, 0.25) is 5.91 Å². The van der Waals surface area contributed by atoms with Gasteiger partial charge in [0.05, 0.1) is 21.3 Å². The van der Waals surface area contributed by atoms with Crippen LogP contribution in [-0.2, 0) is 11.2 Å². The van der Waals surface area contributed by atoms with E-state index in [2.05, 4.69) is 4.98 Å². The Balaban J connectivity index is 1.98. The van der Waals surface area contributed by atoms with Gasteiger partial charge in [-0.05, 0) is 32.9 Å². The van der Waals surface area contributed by atoms with E-state index in [1.54, 1.807) is 23.2 Å². The summed E-state index contributed by atoms with van der Waals surface area (Å²) in [5.41, 5.74) is 0.995. The van der Waals surface area contributed by atoms with Crippen LogP contribution in [0.2, 0.25) is 0 Å². The number of aliphatic hydroxyl groups is 1. The van der Waals surface area contributed by atoms with Gasteiger partial charge in [0.1, 0.15) is 0 Å². The van der Waals surface area contributed by atoms with Crippen LogP contribution >= 0.6 is 11.3 Å². The molecular weight excluding hydrogens is 284 g/mol. The fraction of sp³-hybridized carbons (Fsp3) is 0.500. The van der Waals surface area contributed by atoms with Crippen LogP contribution in [0.5, 0.6) is 0 Å². The summed E-state index contributed by atoms with van der Waals surface area (Å²) in [5, 5.41) is 10.5. The van der Waals surface area contributed by atoms with Crippen molar-refractivity contribution in [3.63, 3.8) is 0 Å². The Morgan fingerprint density at radius 1 is 1.33 bits per heavy atom. The number of amides is 1. The van der Waals surface area contributed by atoms with Crippen LogP contribution in [0.15, 0.2) is 24.3 Å². The predicted molar refractivity (Wildman–Crippen MR) is 86.5 cm³/mol. The molecule has 1 unspecified atom stereocenters. The first kappa shape index (κ1) is 15.9. The van der Waals surface area contributed by atoms with E-state index in [0.717, 1.165) is 15.2 Å². The van der Waals surface area contributed by atoms with Crippen molar-refractivity contribution in [2.45, 2.75) is 45.8 Å². The molecule has 1 N–H and O–H groups in total. The van der Waals surface area contributed by atoms with Gasteiger partial charge < -0.3 is 10.0 Å². The first-order valence-corrected chi connectivity index (χ1v) is 8.11. The summed E-state index contributed by atoms with van der Waals surface area (Å²) in [4.78, 5) is 18.6. The number of aromatic nitrogens is 1. The smallest absolute Gasteiger partial charge is 0.223 e. The Labute approximate surface area is 129 Å². The quantitative estimate of drug-likeness (QED) is 0.893. The first-order valence-electron chi connectivity index (χ1n) is 7.29. The molecule has 4 nitrogen and oxygen atoms in total. The van der Waals surface area contributed by atoms with E-state index in [9.17, 15) is 9.90 Å². The molecular formula is C16H22N2O2S. The van der Waals surface area contributed by atoms with Crippen LogP contribution in [0.25, 0.3) is 10.2 Å². The Morgan fingerprint density at radius 3 is 2.67 bits per heavy atom. The number of nitrogens with zero attached hydrogens (tertiary/aromatic N) is 2. The van der Waals surface area contributed by atoms with Gasteiger partial charge in [-0.15, -0.1) is 11.3 Å². The zero-order valence-electron chi connectivity index (χ0n) is 12.7. The van der Waals surface area contributed by atoms with Gasteiger partial charge in [-0.3, -0.25) is 4.79 Å². The maximum atomic E-state index is 12.3. The normalized spacial score (nSPS) is 12.8. The fourth-order valence-electron chi connectivity index (χ4n) is 2.27. The molecule has 0 saturated heterocycles. The van der Waals surface area contributed by atoms with Gasteiger partial charge in [-0.25, -0.2) is 4.98 Å². The number of fused-ring (bicyclic) bond motifs is 1. The third-order valence-electron chi connectivity index (χ3n) is 3.30. The largest absolute Gasteiger partial charge is 0.392 e. The summed E-state index contributed by atoms with van der Waals surface area (Å²) in [6.07, 6.45) is 0.588. The molecule has 0 bridgehead atoms. The molecule has 1 heterocycles. The number of benzene rings is 1. The second-order valence-corrected chi connectivity index (χ2v) is 6.68. The van der Waals surface area contributed by atoms with Crippen molar-refractivity contribution in [2.24, 2.45) is 0 Å². The predicted octanol–water partition coefficient (Wildman–Crippen LogP) is 2.85. The van der Waals surface area contributed by atoms with E-state index in [1.165, 1.54) is 0 Å². The topological polar surface area (TPSA) is 53.4 Å². The van der Waals surface area contributed by atoms with E-state index >= 15 is 0 Å². The highest BCUT2D eigenvalue weighted by atomic mass is 32.1. The number of carbonyl (C=O) groups excluding carboxylic acids is 1. The Hall–Kier alpha value is -1.46. The van der Waals surface area contributed by atoms with Gasteiger partial charge in [0, 0.05) is 25.4 Å². The lowest BCUT2D eigenvalue weighted by atomic mass is 10.2. The first-order chi connectivity index (χ1) is 9.97. The zero-order chi connectivity index (χ0) is 15.4. The average Bonchev–Trinajstić information content (AvgIpc) is 2.84. The molecule has 0 spiro atoms. The molecule has 1 amide bonds. The molecule has 1 atom stereocenters. The maximum absolute atomic E-state index is 12.3. The summed E-state index contributed by atoms with van der Waals surface area (Å²) in [6.45, 7) is 6.03. The van der Waals surface area contributed by atoms with E-state index in [-0.39, 0.29) is 11.9 Å². The molecule has 1 aromatic carbocycles. The van der Waals surface area contributed by atoms with Crippen LogP contribution in [0.1, 0.15) is 32.2 Å². The lowest BCUT2D eigenvalue weighted by Gasteiger charge is -2.28. The third-order valence-corrected chi connectivity index (χ3v) is 4.39. The standard InChI is InChI=1S/C16H22N2O2S/c1-11(2)18(10-12(3)19)16(20)9-8-15-17-13-6-4-5-7-14(13)21-15/h4-7,11-12,19H,8-10H2,1-3H3. The number of thiazole rings is 1. The van der Waals surface area contributed by atoms with Crippen molar-refractivity contribution in [3.8, 4) is 0 Å². The molecule has 1 aromatic heterocycles. The summed E-state index contributed by atoms with van der Waals surface area (Å²) >= 11 is 1.64. The highest BCUT2D eigenvalue weighted by Gasteiger charge is 2.19. The number of hydrogen-bond acceptors (Lipinski definition) is 4. The van der Waals surface area contributed by atoms with Gasteiger partial charge in [-0.2, -0.15) is 0 Å². The van der Waals surface area contributed by atoms with Crippen molar-refractivity contribution < 1.29 is 9.90 Å². The third kappa shape index (κ3) is 4.25. The average molecular weight is 306 g/mol. The van der Waals surface area contributed by atoms with Crippen LogP contribution in [-0.4, -0.2) is 39.6 Å². The highest BCUT2D eigenvalue weighted by molar-refractivity contribution is 7.18. The van der Waals surface area contributed by atoms with Crippen LogP contribution in [0.3, 0.4) is 0 Å². The summed E-state index contributed by atoms with van der Waals surface area (Å²) in [5.74, 6) is 0.0742. The lowest BCUT2D eigenvalue weighted by Crippen LogP contribution is -2.41. The summed E-state index contributed by atoms with van der Waals surface area (Å²) < 4.78 is 1.16. The molecule has 21 heavy (non-hydrogen) atoms. The molecule has 114 valence electrons. The number of carbonyl (C=O) groups is 1. The van der Waals surface area contributed by atoms with Crippen LogP contribution in [0.4, 0.5) is 0 Å². The molecule has 0 aliphatic rings. The zero-order valence-corrected chi connectivity index (χ0v) is 13.6. The van der Waals surface area contributed by atoms with E-state index in [4.69, 9.17) is 0 Å². The van der Waals surface area contributed by atoms with Gasteiger partial charge >= 0.3 is 0 Å². The number of hydrogen-bond donors (Lipinski definition) is 1. The van der Waals surface area contributed by atoms with Crippen LogP contribution in [0, 0.1) is 0 Å². The molecule has 0 fully saturated rings. The van der Waals surface area contributed by atoms with Crippen molar-refractivity contribution in [3.05, 3.63) is 29.3 Å². The molecule has 5 heteroatoms. The number of aryl methyl sites for hydroxylation is 1. The molecule has 2 aromatic rings. The van der Waals surface area contributed by atoms with Crippen molar-refractivity contribution >= 4 is 27.5 Å². The van der Waals surface area contributed by atoms with Gasteiger partial charge in [0.15, 0.2) is 0 Å². The Morgan fingerprint density at radius 2 is 2.05 bits per heavy atom. The van der Waals surface area contributed by atoms with Crippen molar-refractivity contribution in [2.75, 3.05) is 6.54 Å². The molecule has 0 radical (unpaired) electrons. The number of rotatable bonds is 6. The second-order valence-electron chi connectivity index (χ2n) is 5.56. The molecule has 0 aliphatic carbocycles. The number of aliphatic hydroxyl groups excluding tert-OH is 1. The lowest BCUT2D eigenvalue weighted by molar-refractivity contribution is -0.134. The number of para-hydroxylation sites is 1.